The standard InChI is InChI=1S/C14H20BrNO3S/c1-2-14(6-3-7-14)10-16-20(18,19)13-5-4-11(9-17)8-12(13)15/h4-5,8,16-17H,2-3,6-7,9-10H2,1H3. The first-order valence-corrected chi connectivity index (χ1v) is 9.09. The molecule has 1 saturated carbocycles. The van der Waals surface area contributed by atoms with Gasteiger partial charge in [-0.3, -0.25) is 0 Å². The summed E-state index contributed by atoms with van der Waals surface area (Å²) in [6.07, 6.45) is 4.37. The lowest BCUT2D eigenvalue weighted by atomic mass is 9.67. The summed E-state index contributed by atoms with van der Waals surface area (Å²) < 4.78 is 27.9. The first-order valence-electron chi connectivity index (χ1n) is 6.81. The Morgan fingerprint density at radius 1 is 1.40 bits per heavy atom. The fraction of sp³-hybridized carbons (Fsp3) is 0.571. The average Bonchev–Trinajstić information content (AvgIpc) is 2.37. The number of hydrogen-bond donors (Lipinski definition) is 2. The van der Waals surface area contributed by atoms with Crippen molar-refractivity contribution in [3.63, 3.8) is 0 Å². The Bertz CT molecular complexity index is 577. The van der Waals surface area contributed by atoms with E-state index >= 15 is 0 Å². The number of hydrogen-bond acceptors (Lipinski definition) is 3. The highest BCUT2D eigenvalue weighted by Gasteiger charge is 2.36. The van der Waals surface area contributed by atoms with Crippen molar-refractivity contribution in [2.45, 2.75) is 44.1 Å². The van der Waals surface area contributed by atoms with Crippen LogP contribution >= 0.6 is 15.9 Å². The van der Waals surface area contributed by atoms with Gasteiger partial charge < -0.3 is 5.11 Å². The zero-order valence-corrected chi connectivity index (χ0v) is 13.9. The molecule has 0 unspecified atom stereocenters. The van der Waals surface area contributed by atoms with E-state index in [9.17, 15) is 8.42 Å². The van der Waals surface area contributed by atoms with Gasteiger partial charge in [-0.25, -0.2) is 13.1 Å². The molecule has 0 saturated heterocycles. The molecule has 20 heavy (non-hydrogen) atoms. The predicted octanol–water partition coefficient (Wildman–Crippen LogP) is 2.80. The van der Waals surface area contributed by atoms with Gasteiger partial charge in [0.2, 0.25) is 10.0 Å². The normalized spacial score (nSPS) is 17.8. The van der Waals surface area contributed by atoms with E-state index in [1.165, 1.54) is 12.5 Å². The van der Waals surface area contributed by atoms with Crippen LogP contribution in [0.5, 0.6) is 0 Å². The Balaban J connectivity index is 2.14. The lowest BCUT2D eigenvalue weighted by Crippen LogP contribution is -2.41. The highest BCUT2D eigenvalue weighted by molar-refractivity contribution is 9.10. The lowest BCUT2D eigenvalue weighted by molar-refractivity contribution is 0.133. The fourth-order valence-electron chi connectivity index (χ4n) is 2.52. The molecule has 1 aromatic rings. The van der Waals surface area contributed by atoms with Crippen molar-refractivity contribution in [3.05, 3.63) is 28.2 Å². The Labute approximate surface area is 128 Å². The highest BCUT2D eigenvalue weighted by atomic mass is 79.9. The molecule has 1 aromatic carbocycles. The van der Waals surface area contributed by atoms with Crippen LogP contribution in [0.15, 0.2) is 27.6 Å². The molecule has 1 aliphatic rings. The molecule has 1 aliphatic carbocycles. The van der Waals surface area contributed by atoms with Crippen LogP contribution in [0.3, 0.4) is 0 Å². The number of nitrogens with one attached hydrogen (secondary N) is 1. The first-order chi connectivity index (χ1) is 9.42. The second-order valence-corrected chi connectivity index (χ2v) is 8.04. The highest BCUT2D eigenvalue weighted by Crippen LogP contribution is 2.43. The van der Waals surface area contributed by atoms with Crippen LogP contribution in [-0.4, -0.2) is 20.1 Å². The number of rotatable bonds is 6. The molecule has 0 radical (unpaired) electrons. The Hall–Kier alpha value is -0.430. The molecule has 0 heterocycles. The van der Waals surface area contributed by atoms with Crippen molar-refractivity contribution in [3.8, 4) is 0 Å². The molecular weight excluding hydrogens is 342 g/mol. The van der Waals surface area contributed by atoms with Gasteiger partial charge in [0.25, 0.3) is 0 Å². The molecule has 0 aromatic heterocycles. The summed E-state index contributed by atoms with van der Waals surface area (Å²) in [4.78, 5) is 0.222. The summed E-state index contributed by atoms with van der Waals surface area (Å²) in [5.41, 5.74) is 0.824. The number of sulfonamides is 1. The lowest BCUT2D eigenvalue weighted by Gasteiger charge is -2.41. The van der Waals surface area contributed by atoms with E-state index in [2.05, 4.69) is 27.6 Å². The van der Waals surface area contributed by atoms with Crippen molar-refractivity contribution in [1.82, 2.24) is 4.72 Å². The van der Waals surface area contributed by atoms with Crippen LogP contribution in [0.2, 0.25) is 0 Å². The Kier molecular flexibility index (Phi) is 4.89. The summed E-state index contributed by atoms with van der Waals surface area (Å²) in [6.45, 7) is 2.50. The topological polar surface area (TPSA) is 66.4 Å². The second kappa shape index (κ2) is 6.13. The molecule has 0 spiro atoms. The molecule has 6 heteroatoms. The van der Waals surface area contributed by atoms with E-state index in [1.807, 2.05) is 0 Å². The van der Waals surface area contributed by atoms with Crippen molar-refractivity contribution in [2.75, 3.05) is 6.54 Å². The van der Waals surface area contributed by atoms with E-state index < -0.39 is 10.0 Å². The SMILES string of the molecule is CCC1(CNS(=O)(=O)c2ccc(CO)cc2Br)CCC1. The molecule has 112 valence electrons. The fourth-order valence-corrected chi connectivity index (χ4v) is 4.80. The van der Waals surface area contributed by atoms with Crippen LogP contribution in [0.4, 0.5) is 0 Å². The van der Waals surface area contributed by atoms with Crippen molar-refractivity contribution in [1.29, 1.82) is 0 Å². The molecule has 4 nitrogen and oxygen atoms in total. The zero-order chi connectivity index (χ0) is 14.8. The molecule has 0 aliphatic heterocycles. The maximum absolute atomic E-state index is 12.4. The number of benzene rings is 1. The van der Waals surface area contributed by atoms with Gasteiger partial charge in [0.1, 0.15) is 0 Å². The Morgan fingerprint density at radius 2 is 2.10 bits per heavy atom. The number of halogens is 1. The molecule has 1 fully saturated rings. The van der Waals surface area contributed by atoms with Crippen molar-refractivity contribution < 1.29 is 13.5 Å². The summed E-state index contributed by atoms with van der Waals surface area (Å²) in [5, 5.41) is 9.05. The quantitative estimate of drug-likeness (QED) is 0.818. The molecule has 2 rings (SSSR count). The van der Waals surface area contributed by atoms with Crippen molar-refractivity contribution in [2.24, 2.45) is 5.41 Å². The van der Waals surface area contributed by atoms with Gasteiger partial charge in [-0.2, -0.15) is 0 Å². The van der Waals surface area contributed by atoms with Gasteiger partial charge >= 0.3 is 0 Å². The van der Waals surface area contributed by atoms with E-state index in [-0.39, 0.29) is 16.9 Å². The van der Waals surface area contributed by atoms with Gasteiger partial charge in [-0.05, 0) is 58.3 Å². The van der Waals surface area contributed by atoms with Gasteiger partial charge in [0, 0.05) is 11.0 Å². The second-order valence-electron chi connectivity index (χ2n) is 5.45. The monoisotopic (exact) mass is 361 g/mol. The van der Waals surface area contributed by atoms with E-state index in [4.69, 9.17) is 5.11 Å². The summed E-state index contributed by atoms with van der Waals surface area (Å²) in [7, 11) is -3.51. The maximum atomic E-state index is 12.4. The molecule has 0 bridgehead atoms. The first kappa shape index (κ1) is 15.9. The molecule has 2 N–H and O–H groups in total. The number of aliphatic hydroxyl groups excluding tert-OH is 1. The summed E-state index contributed by atoms with van der Waals surface area (Å²) >= 11 is 3.26. The summed E-state index contributed by atoms with van der Waals surface area (Å²) in [6, 6.07) is 4.78. The van der Waals surface area contributed by atoms with Crippen LogP contribution in [0.1, 0.15) is 38.2 Å². The van der Waals surface area contributed by atoms with Crippen LogP contribution < -0.4 is 4.72 Å². The van der Waals surface area contributed by atoms with Gasteiger partial charge in [-0.1, -0.05) is 19.4 Å². The third-order valence-electron chi connectivity index (χ3n) is 4.27. The van der Waals surface area contributed by atoms with E-state index in [0.29, 0.717) is 16.6 Å². The zero-order valence-electron chi connectivity index (χ0n) is 11.5. The third kappa shape index (κ3) is 3.24. The van der Waals surface area contributed by atoms with Gasteiger partial charge in [0.15, 0.2) is 0 Å². The molecule has 0 amide bonds. The third-order valence-corrected chi connectivity index (χ3v) is 6.65. The van der Waals surface area contributed by atoms with E-state index in [0.717, 1.165) is 19.3 Å². The van der Waals surface area contributed by atoms with Gasteiger partial charge in [-0.15, -0.1) is 0 Å². The maximum Gasteiger partial charge on any atom is 0.241 e. The molecular formula is C14H20BrNO3S. The number of aliphatic hydroxyl groups is 1. The smallest absolute Gasteiger partial charge is 0.241 e. The minimum absolute atomic E-state index is 0.106. The van der Waals surface area contributed by atoms with Crippen molar-refractivity contribution >= 4 is 26.0 Å². The van der Waals surface area contributed by atoms with Gasteiger partial charge in [0.05, 0.1) is 11.5 Å². The van der Waals surface area contributed by atoms with E-state index in [1.54, 1.807) is 12.1 Å². The Morgan fingerprint density at radius 3 is 2.55 bits per heavy atom. The minimum atomic E-state index is -3.51. The predicted molar refractivity (Wildman–Crippen MR) is 81.8 cm³/mol. The molecule has 0 atom stereocenters. The van der Waals surface area contributed by atoms with Crippen LogP contribution in [0.25, 0.3) is 0 Å². The van der Waals surface area contributed by atoms with Crippen LogP contribution in [0, 0.1) is 5.41 Å². The van der Waals surface area contributed by atoms with Crippen LogP contribution in [-0.2, 0) is 16.6 Å². The summed E-state index contributed by atoms with van der Waals surface area (Å²) in [5.74, 6) is 0. The minimum Gasteiger partial charge on any atom is -0.392 e. The average molecular weight is 362 g/mol. The largest absolute Gasteiger partial charge is 0.392 e.